The summed E-state index contributed by atoms with van der Waals surface area (Å²) >= 11 is 5.89. The zero-order valence-electron chi connectivity index (χ0n) is 13.8. The van der Waals surface area contributed by atoms with Crippen molar-refractivity contribution in [1.29, 1.82) is 0 Å². The maximum atomic E-state index is 12.6. The number of amides is 1. The molecule has 1 N–H and O–H groups in total. The van der Waals surface area contributed by atoms with Gasteiger partial charge in [0.25, 0.3) is 5.91 Å². The molecule has 0 atom stereocenters. The number of hydrogen-bond donors (Lipinski definition) is 1. The molecule has 2 aliphatic rings. The molecule has 0 radical (unpaired) electrons. The van der Waals surface area contributed by atoms with Gasteiger partial charge in [0.15, 0.2) is 0 Å². The Labute approximate surface area is 158 Å². The quantitative estimate of drug-likeness (QED) is 0.867. The Morgan fingerprint density at radius 1 is 1.12 bits per heavy atom. The standard InChI is InChI=1S/C17H20ClN5O.ClH/c18-14-3-1-13(2-4-14)17(24)22-8-5-12(6-9-22)16-21-20-15-11-19-7-10-23(15)16;/h1-4,12,19H,5-11H2;1H. The molecule has 1 amide bonds. The molecule has 1 aromatic heterocycles. The minimum absolute atomic E-state index is 0. The number of rotatable bonds is 2. The van der Waals surface area contributed by atoms with Crippen LogP contribution in [0, 0.1) is 0 Å². The summed E-state index contributed by atoms with van der Waals surface area (Å²) in [6, 6.07) is 7.10. The molecule has 4 rings (SSSR count). The topological polar surface area (TPSA) is 63.1 Å². The van der Waals surface area contributed by atoms with Crippen LogP contribution in [0.15, 0.2) is 24.3 Å². The summed E-state index contributed by atoms with van der Waals surface area (Å²) in [5.41, 5.74) is 0.698. The Morgan fingerprint density at radius 3 is 2.56 bits per heavy atom. The molecule has 3 heterocycles. The van der Waals surface area contributed by atoms with Crippen LogP contribution in [-0.2, 0) is 13.1 Å². The zero-order valence-corrected chi connectivity index (χ0v) is 15.4. The number of hydrogen-bond acceptors (Lipinski definition) is 4. The number of carbonyl (C=O) groups excluding carboxylic acids is 1. The number of likely N-dealkylation sites (tertiary alicyclic amines) is 1. The molecule has 2 aromatic rings. The van der Waals surface area contributed by atoms with E-state index in [0.717, 1.165) is 57.2 Å². The number of carbonyl (C=O) groups is 1. The van der Waals surface area contributed by atoms with Gasteiger partial charge in [-0.05, 0) is 37.1 Å². The van der Waals surface area contributed by atoms with Crippen molar-refractivity contribution in [1.82, 2.24) is 25.0 Å². The minimum atomic E-state index is 0. The number of piperidine rings is 1. The first-order valence-corrected chi connectivity index (χ1v) is 8.77. The summed E-state index contributed by atoms with van der Waals surface area (Å²) < 4.78 is 2.25. The highest BCUT2D eigenvalue weighted by Gasteiger charge is 2.29. The third-order valence-corrected chi connectivity index (χ3v) is 5.14. The lowest BCUT2D eigenvalue weighted by Crippen LogP contribution is -2.38. The Balaban J connectivity index is 0.00000182. The molecule has 134 valence electrons. The summed E-state index contributed by atoms with van der Waals surface area (Å²) in [6.45, 7) is 4.20. The predicted octanol–water partition coefficient (Wildman–Crippen LogP) is 2.48. The number of nitrogens with one attached hydrogen (secondary N) is 1. The van der Waals surface area contributed by atoms with Crippen LogP contribution in [0.2, 0.25) is 5.02 Å². The van der Waals surface area contributed by atoms with Gasteiger partial charge in [0.2, 0.25) is 0 Å². The normalized spacial score (nSPS) is 17.7. The largest absolute Gasteiger partial charge is 0.339 e. The fourth-order valence-electron chi connectivity index (χ4n) is 3.53. The van der Waals surface area contributed by atoms with Crippen LogP contribution in [0.3, 0.4) is 0 Å². The van der Waals surface area contributed by atoms with Crippen LogP contribution < -0.4 is 5.32 Å². The van der Waals surface area contributed by atoms with Crippen molar-refractivity contribution in [3.8, 4) is 0 Å². The van der Waals surface area contributed by atoms with E-state index in [1.54, 1.807) is 24.3 Å². The number of halogens is 2. The summed E-state index contributed by atoms with van der Waals surface area (Å²) in [4.78, 5) is 14.5. The van der Waals surface area contributed by atoms with Gasteiger partial charge in [-0.1, -0.05) is 11.6 Å². The zero-order chi connectivity index (χ0) is 16.5. The third-order valence-electron chi connectivity index (χ3n) is 4.89. The van der Waals surface area contributed by atoms with Gasteiger partial charge < -0.3 is 14.8 Å². The van der Waals surface area contributed by atoms with E-state index in [4.69, 9.17) is 11.6 Å². The second kappa shape index (κ2) is 7.72. The molecule has 1 saturated heterocycles. The number of nitrogens with zero attached hydrogens (tertiary/aromatic N) is 4. The fourth-order valence-corrected chi connectivity index (χ4v) is 3.66. The number of benzene rings is 1. The van der Waals surface area contributed by atoms with E-state index in [0.29, 0.717) is 16.5 Å². The Morgan fingerprint density at radius 2 is 1.84 bits per heavy atom. The molecule has 0 spiro atoms. The van der Waals surface area contributed by atoms with E-state index < -0.39 is 0 Å². The van der Waals surface area contributed by atoms with E-state index in [2.05, 4.69) is 20.1 Å². The van der Waals surface area contributed by atoms with E-state index in [1.165, 1.54) is 0 Å². The molecule has 1 fully saturated rings. The first-order chi connectivity index (χ1) is 11.7. The molecule has 25 heavy (non-hydrogen) atoms. The lowest BCUT2D eigenvalue weighted by atomic mass is 9.95. The first-order valence-electron chi connectivity index (χ1n) is 8.40. The van der Waals surface area contributed by atoms with Gasteiger partial charge in [-0.15, -0.1) is 22.6 Å². The molecule has 0 bridgehead atoms. The Bertz CT molecular complexity index is 738. The van der Waals surface area contributed by atoms with Crippen molar-refractivity contribution < 1.29 is 4.79 Å². The molecular formula is C17H21Cl2N5O. The minimum Gasteiger partial charge on any atom is -0.339 e. The molecule has 8 heteroatoms. The fraction of sp³-hybridized carbons (Fsp3) is 0.471. The molecular weight excluding hydrogens is 361 g/mol. The highest BCUT2D eigenvalue weighted by Crippen LogP contribution is 2.28. The van der Waals surface area contributed by atoms with Crippen LogP contribution in [0.1, 0.15) is 40.8 Å². The molecule has 1 aromatic carbocycles. The first kappa shape index (κ1) is 18.2. The van der Waals surface area contributed by atoms with Crippen molar-refractivity contribution >= 4 is 29.9 Å². The highest BCUT2D eigenvalue weighted by atomic mass is 35.5. The van der Waals surface area contributed by atoms with Crippen LogP contribution in [0.25, 0.3) is 0 Å². The number of fused-ring (bicyclic) bond motifs is 1. The lowest BCUT2D eigenvalue weighted by molar-refractivity contribution is 0.0710. The van der Waals surface area contributed by atoms with E-state index >= 15 is 0 Å². The van der Waals surface area contributed by atoms with Gasteiger partial charge in [0.1, 0.15) is 11.6 Å². The van der Waals surface area contributed by atoms with Crippen molar-refractivity contribution in [2.45, 2.75) is 31.8 Å². The van der Waals surface area contributed by atoms with Gasteiger partial charge in [-0.3, -0.25) is 4.79 Å². The van der Waals surface area contributed by atoms with E-state index in [-0.39, 0.29) is 18.3 Å². The van der Waals surface area contributed by atoms with E-state index in [1.807, 2.05) is 4.90 Å². The Hall–Kier alpha value is -1.63. The molecule has 0 saturated carbocycles. The maximum Gasteiger partial charge on any atom is 0.253 e. The van der Waals surface area contributed by atoms with Crippen LogP contribution in [-0.4, -0.2) is 45.2 Å². The summed E-state index contributed by atoms with van der Waals surface area (Å²) in [7, 11) is 0. The Kier molecular flexibility index (Phi) is 5.61. The summed E-state index contributed by atoms with van der Waals surface area (Å²) in [6.07, 6.45) is 1.87. The third kappa shape index (κ3) is 3.66. The van der Waals surface area contributed by atoms with Gasteiger partial charge in [0, 0.05) is 42.7 Å². The van der Waals surface area contributed by atoms with Crippen LogP contribution in [0.5, 0.6) is 0 Å². The van der Waals surface area contributed by atoms with Crippen LogP contribution in [0.4, 0.5) is 0 Å². The summed E-state index contributed by atoms with van der Waals surface area (Å²) in [5, 5.41) is 12.7. The average molecular weight is 382 g/mol. The SMILES string of the molecule is Cl.O=C(c1ccc(Cl)cc1)N1CCC(c2nnc3n2CCNC3)CC1. The van der Waals surface area contributed by atoms with Crippen molar-refractivity contribution in [3.05, 3.63) is 46.5 Å². The molecule has 2 aliphatic heterocycles. The smallest absolute Gasteiger partial charge is 0.253 e. The average Bonchev–Trinajstić information content (AvgIpc) is 3.06. The highest BCUT2D eigenvalue weighted by molar-refractivity contribution is 6.30. The predicted molar refractivity (Wildman–Crippen MR) is 98.3 cm³/mol. The summed E-state index contributed by atoms with van der Waals surface area (Å²) in [5.74, 6) is 2.58. The van der Waals surface area contributed by atoms with Gasteiger partial charge in [-0.2, -0.15) is 0 Å². The van der Waals surface area contributed by atoms with Gasteiger partial charge >= 0.3 is 0 Å². The maximum absolute atomic E-state index is 12.6. The molecule has 6 nitrogen and oxygen atoms in total. The van der Waals surface area contributed by atoms with Crippen molar-refractivity contribution in [2.75, 3.05) is 19.6 Å². The second-order valence-corrected chi connectivity index (χ2v) is 6.81. The second-order valence-electron chi connectivity index (χ2n) is 6.38. The van der Waals surface area contributed by atoms with Crippen LogP contribution >= 0.6 is 24.0 Å². The number of aromatic nitrogens is 3. The van der Waals surface area contributed by atoms with Gasteiger partial charge in [-0.25, -0.2) is 0 Å². The van der Waals surface area contributed by atoms with Gasteiger partial charge in [0.05, 0.1) is 6.54 Å². The molecule has 0 aliphatic carbocycles. The molecule has 0 unspecified atom stereocenters. The van der Waals surface area contributed by atoms with E-state index in [9.17, 15) is 4.79 Å². The lowest BCUT2D eigenvalue weighted by Gasteiger charge is -2.32. The van der Waals surface area contributed by atoms with Crippen molar-refractivity contribution in [3.63, 3.8) is 0 Å². The monoisotopic (exact) mass is 381 g/mol. The van der Waals surface area contributed by atoms with Crippen molar-refractivity contribution in [2.24, 2.45) is 0 Å².